The van der Waals surface area contributed by atoms with Crippen molar-refractivity contribution in [3.8, 4) is 0 Å². The van der Waals surface area contributed by atoms with Gasteiger partial charge in [-0.2, -0.15) is 4.98 Å². The van der Waals surface area contributed by atoms with Crippen molar-refractivity contribution < 1.29 is 9.47 Å². The molecule has 3 fully saturated rings. The molecule has 9 nitrogen and oxygen atoms in total. The van der Waals surface area contributed by atoms with E-state index in [2.05, 4.69) is 26.1 Å². The van der Waals surface area contributed by atoms with Gasteiger partial charge in [0.05, 0.1) is 54.2 Å². The summed E-state index contributed by atoms with van der Waals surface area (Å²) >= 11 is 1.83. The summed E-state index contributed by atoms with van der Waals surface area (Å²) in [4.78, 5) is 18.7. The number of nitrogens with one attached hydrogen (secondary N) is 1. The molecular formula is C24H31N7O2S. The van der Waals surface area contributed by atoms with Crippen LogP contribution in [0.15, 0.2) is 30.3 Å². The van der Waals surface area contributed by atoms with Crippen molar-refractivity contribution in [1.29, 1.82) is 0 Å². The number of para-hydroxylation sites is 2. The SMILES string of the molecule is Nc1ccccc1Nc1nc(N2CCOCC2)c2sc(C(N3CCC3)N3CCOCC3)cc2n1. The number of morpholine rings is 2. The van der Waals surface area contributed by atoms with Gasteiger partial charge < -0.3 is 25.4 Å². The maximum absolute atomic E-state index is 6.18. The number of thiophene rings is 1. The molecule has 0 aliphatic carbocycles. The van der Waals surface area contributed by atoms with Crippen LogP contribution in [-0.4, -0.2) is 85.5 Å². The smallest absolute Gasteiger partial charge is 0.229 e. The maximum atomic E-state index is 6.18. The first-order chi connectivity index (χ1) is 16.8. The summed E-state index contributed by atoms with van der Waals surface area (Å²) in [6.07, 6.45) is 1.53. The van der Waals surface area contributed by atoms with Crippen molar-refractivity contribution in [2.45, 2.75) is 12.6 Å². The largest absolute Gasteiger partial charge is 0.397 e. The number of benzene rings is 1. The number of nitrogen functional groups attached to an aromatic ring is 1. The minimum Gasteiger partial charge on any atom is -0.397 e. The Morgan fingerprint density at radius 1 is 0.912 bits per heavy atom. The van der Waals surface area contributed by atoms with Crippen LogP contribution in [-0.2, 0) is 9.47 Å². The van der Waals surface area contributed by atoms with E-state index in [-0.39, 0.29) is 6.17 Å². The first kappa shape index (κ1) is 22.0. The molecule has 0 bridgehead atoms. The molecule has 6 rings (SSSR count). The van der Waals surface area contributed by atoms with Gasteiger partial charge in [-0.1, -0.05) is 12.1 Å². The molecule has 2 aromatic heterocycles. The van der Waals surface area contributed by atoms with Crippen molar-refractivity contribution in [2.24, 2.45) is 0 Å². The molecule has 1 atom stereocenters. The van der Waals surface area contributed by atoms with Gasteiger partial charge in [-0.05, 0) is 24.6 Å². The zero-order valence-corrected chi connectivity index (χ0v) is 20.1. The van der Waals surface area contributed by atoms with Gasteiger partial charge in [0.25, 0.3) is 0 Å². The fourth-order valence-electron chi connectivity index (χ4n) is 4.84. The highest BCUT2D eigenvalue weighted by Gasteiger charge is 2.33. The van der Waals surface area contributed by atoms with Crippen LogP contribution < -0.4 is 16.0 Å². The summed E-state index contributed by atoms with van der Waals surface area (Å²) in [5, 5.41) is 3.35. The third-order valence-corrected chi connectivity index (χ3v) is 7.93. The van der Waals surface area contributed by atoms with E-state index in [9.17, 15) is 0 Å². The Balaban J connectivity index is 1.41. The topological polar surface area (TPSA) is 92.0 Å². The molecule has 5 heterocycles. The Hall–Kier alpha value is -2.50. The molecule has 34 heavy (non-hydrogen) atoms. The maximum Gasteiger partial charge on any atom is 0.229 e. The van der Waals surface area contributed by atoms with Crippen LogP contribution in [0, 0.1) is 0 Å². The molecule has 0 spiro atoms. The zero-order chi connectivity index (χ0) is 22.9. The lowest BCUT2D eigenvalue weighted by Crippen LogP contribution is -2.50. The van der Waals surface area contributed by atoms with E-state index in [1.807, 2.05) is 35.6 Å². The number of likely N-dealkylation sites (tertiary alicyclic amines) is 1. The number of nitrogens with two attached hydrogens (primary N) is 1. The summed E-state index contributed by atoms with van der Waals surface area (Å²) in [7, 11) is 0. The van der Waals surface area contributed by atoms with E-state index in [1.54, 1.807) is 0 Å². The van der Waals surface area contributed by atoms with Crippen molar-refractivity contribution >= 4 is 44.7 Å². The average molecular weight is 482 g/mol. The van der Waals surface area contributed by atoms with Crippen LogP contribution in [0.3, 0.4) is 0 Å². The lowest BCUT2D eigenvalue weighted by molar-refractivity contribution is -0.0531. The van der Waals surface area contributed by atoms with E-state index < -0.39 is 0 Å². The Morgan fingerprint density at radius 3 is 2.32 bits per heavy atom. The normalized spacial score (nSPS) is 20.9. The summed E-state index contributed by atoms with van der Waals surface area (Å²) in [5.41, 5.74) is 8.65. The third-order valence-electron chi connectivity index (χ3n) is 6.77. The predicted octanol–water partition coefficient (Wildman–Crippen LogP) is 2.89. The van der Waals surface area contributed by atoms with Crippen LogP contribution in [0.1, 0.15) is 17.5 Å². The quantitative estimate of drug-likeness (QED) is 0.516. The Bertz CT molecular complexity index is 1140. The zero-order valence-electron chi connectivity index (χ0n) is 19.3. The summed E-state index contributed by atoms with van der Waals surface area (Å²) in [6.45, 7) is 8.84. The highest BCUT2D eigenvalue weighted by atomic mass is 32.1. The van der Waals surface area contributed by atoms with Gasteiger partial charge in [0.1, 0.15) is 0 Å². The predicted molar refractivity (Wildman–Crippen MR) is 136 cm³/mol. The number of hydrogen-bond donors (Lipinski definition) is 2. The Kier molecular flexibility index (Phi) is 6.23. The van der Waals surface area contributed by atoms with Crippen LogP contribution in [0.2, 0.25) is 0 Å². The Labute approximate surface area is 203 Å². The molecule has 1 unspecified atom stereocenters. The molecule has 0 radical (unpaired) electrons. The van der Waals surface area contributed by atoms with E-state index in [4.69, 9.17) is 25.2 Å². The summed E-state index contributed by atoms with van der Waals surface area (Å²) < 4.78 is 12.4. The minimum atomic E-state index is 0.274. The third kappa shape index (κ3) is 4.32. The lowest BCUT2D eigenvalue weighted by Gasteiger charge is -2.45. The van der Waals surface area contributed by atoms with Gasteiger partial charge in [-0.25, -0.2) is 4.98 Å². The van der Waals surface area contributed by atoms with Crippen molar-refractivity contribution in [2.75, 3.05) is 81.6 Å². The van der Waals surface area contributed by atoms with Crippen molar-refractivity contribution in [3.05, 3.63) is 35.2 Å². The van der Waals surface area contributed by atoms with Gasteiger partial charge in [0.2, 0.25) is 5.95 Å². The van der Waals surface area contributed by atoms with E-state index in [1.165, 1.54) is 11.3 Å². The minimum absolute atomic E-state index is 0.274. The van der Waals surface area contributed by atoms with E-state index in [0.29, 0.717) is 24.8 Å². The summed E-state index contributed by atoms with van der Waals surface area (Å²) in [6, 6.07) is 9.99. The first-order valence-electron chi connectivity index (χ1n) is 12.1. The monoisotopic (exact) mass is 481 g/mol. The molecule has 3 aliphatic rings. The van der Waals surface area contributed by atoms with Crippen LogP contribution in [0.4, 0.5) is 23.1 Å². The molecule has 180 valence electrons. The molecule has 0 saturated carbocycles. The number of rotatable bonds is 6. The second kappa shape index (κ2) is 9.63. The highest BCUT2D eigenvalue weighted by Crippen LogP contribution is 2.40. The lowest BCUT2D eigenvalue weighted by atomic mass is 10.1. The first-order valence-corrected chi connectivity index (χ1v) is 12.9. The van der Waals surface area contributed by atoms with Crippen molar-refractivity contribution in [3.63, 3.8) is 0 Å². The number of anilines is 4. The number of hydrogen-bond acceptors (Lipinski definition) is 10. The number of aromatic nitrogens is 2. The van der Waals surface area contributed by atoms with Gasteiger partial charge in [-0.3, -0.25) is 9.80 Å². The fourth-order valence-corrected chi connectivity index (χ4v) is 6.12. The van der Waals surface area contributed by atoms with Gasteiger partial charge in [0.15, 0.2) is 5.82 Å². The van der Waals surface area contributed by atoms with Crippen LogP contribution >= 0.6 is 11.3 Å². The second-order valence-corrected chi connectivity index (χ2v) is 10.0. The van der Waals surface area contributed by atoms with Crippen molar-refractivity contribution in [1.82, 2.24) is 19.8 Å². The standard InChI is InChI=1S/C24H31N7O2S/c25-17-4-1-2-5-18(17)26-24-27-19-16-20(23(30-6-3-7-30)31-10-14-33-15-11-31)34-21(19)22(28-24)29-8-12-32-13-9-29/h1-2,4-5,16,23H,3,6-15,25H2,(H,26,27,28). The Morgan fingerprint density at radius 2 is 1.62 bits per heavy atom. The van der Waals surface area contributed by atoms with Crippen LogP contribution in [0.25, 0.3) is 10.2 Å². The molecule has 3 saturated heterocycles. The molecule has 10 heteroatoms. The highest BCUT2D eigenvalue weighted by molar-refractivity contribution is 7.19. The molecule has 3 aromatic rings. The molecule has 1 aromatic carbocycles. The molecular weight excluding hydrogens is 450 g/mol. The van der Waals surface area contributed by atoms with Crippen LogP contribution in [0.5, 0.6) is 0 Å². The molecule has 0 amide bonds. The average Bonchev–Trinajstić information content (AvgIpc) is 3.27. The van der Waals surface area contributed by atoms with Gasteiger partial charge in [-0.15, -0.1) is 11.3 Å². The second-order valence-electron chi connectivity index (χ2n) is 8.96. The number of fused-ring (bicyclic) bond motifs is 1. The molecule has 3 aliphatic heterocycles. The van der Waals surface area contributed by atoms with Gasteiger partial charge >= 0.3 is 0 Å². The number of ether oxygens (including phenoxy) is 2. The van der Waals surface area contributed by atoms with E-state index >= 15 is 0 Å². The van der Waals surface area contributed by atoms with Gasteiger partial charge in [0, 0.05) is 44.1 Å². The van der Waals surface area contributed by atoms with E-state index in [0.717, 1.165) is 74.2 Å². The molecule has 3 N–H and O–H groups in total. The fraction of sp³-hybridized carbons (Fsp3) is 0.500. The summed E-state index contributed by atoms with van der Waals surface area (Å²) in [5.74, 6) is 1.55. The number of nitrogens with zero attached hydrogens (tertiary/aromatic N) is 5.